The van der Waals surface area contributed by atoms with E-state index in [1.54, 1.807) is 0 Å². The Morgan fingerprint density at radius 2 is 1.20 bits per heavy atom. The van der Waals surface area contributed by atoms with Gasteiger partial charge in [-0.2, -0.15) is 10.2 Å². The Hall–Kier alpha value is -1.26. The zero-order chi connectivity index (χ0) is 13.4. The molecule has 2 aliphatic rings. The first-order valence-electron chi connectivity index (χ1n) is 7.19. The highest BCUT2D eigenvalue weighted by Crippen LogP contribution is 2.28. The Kier molecular flexibility index (Phi) is 3.28. The van der Waals surface area contributed by atoms with Gasteiger partial charge in [0.25, 0.3) is 0 Å². The fraction of sp³-hybridized carbons (Fsp3) is 0.375. The van der Waals surface area contributed by atoms with Crippen LogP contribution in [0.2, 0.25) is 0 Å². The van der Waals surface area contributed by atoms with Crippen LogP contribution in [-0.4, -0.2) is 11.4 Å². The van der Waals surface area contributed by atoms with E-state index in [9.17, 15) is 0 Å². The van der Waals surface area contributed by atoms with Crippen molar-refractivity contribution in [3.05, 3.63) is 43.8 Å². The highest BCUT2D eigenvalue weighted by Gasteiger charge is 2.18. The van der Waals surface area contributed by atoms with Crippen LogP contribution in [0.1, 0.15) is 46.6 Å². The summed E-state index contributed by atoms with van der Waals surface area (Å²) in [6.45, 7) is 0. The monoisotopic (exact) mass is 300 g/mol. The molecule has 2 heterocycles. The Bertz CT molecular complexity index is 631. The average Bonchev–Trinajstić information content (AvgIpc) is 3.13. The summed E-state index contributed by atoms with van der Waals surface area (Å²) >= 11 is 3.71. The van der Waals surface area contributed by atoms with Crippen LogP contribution in [-0.2, 0) is 12.8 Å². The molecule has 0 atom stereocenters. The molecule has 102 valence electrons. The van der Waals surface area contributed by atoms with Crippen molar-refractivity contribution >= 4 is 34.1 Å². The van der Waals surface area contributed by atoms with Crippen LogP contribution in [0.25, 0.3) is 0 Å². The molecule has 0 N–H and O–H groups in total. The van der Waals surface area contributed by atoms with Gasteiger partial charge in [-0.15, -0.1) is 22.7 Å². The third-order valence-corrected chi connectivity index (χ3v) is 6.00. The molecule has 0 bridgehead atoms. The summed E-state index contributed by atoms with van der Waals surface area (Å²) in [5.41, 5.74) is 5.05. The van der Waals surface area contributed by atoms with Gasteiger partial charge in [-0.1, -0.05) is 0 Å². The lowest BCUT2D eigenvalue weighted by Crippen LogP contribution is -2.11. The van der Waals surface area contributed by atoms with Crippen LogP contribution in [0.3, 0.4) is 0 Å². The summed E-state index contributed by atoms with van der Waals surface area (Å²) in [5.74, 6) is 0. The van der Waals surface area contributed by atoms with Gasteiger partial charge in [0.1, 0.15) is 0 Å². The van der Waals surface area contributed by atoms with Crippen molar-refractivity contribution in [3.63, 3.8) is 0 Å². The number of nitrogens with zero attached hydrogens (tertiary/aromatic N) is 2. The predicted octanol–water partition coefficient (Wildman–Crippen LogP) is 4.68. The topological polar surface area (TPSA) is 24.7 Å². The van der Waals surface area contributed by atoms with Gasteiger partial charge in [0.05, 0.1) is 11.4 Å². The quantitative estimate of drug-likeness (QED) is 0.683. The first kappa shape index (κ1) is 12.5. The maximum Gasteiger partial charge on any atom is 0.0714 e. The zero-order valence-corrected chi connectivity index (χ0v) is 12.9. The molecule has 2 aromatic heterocycles. The number of thiophene rings is 2. The van der Waals surface area contributed by atoms with E-state index < -0.39 is 0 Å². The fourth-order valence-electron chi connectivity index (χ4n) is 3.01. The highest BCUT2D eigenvalue weighted by molar-refractivity contribution is 7.10. The summed E-state index contributed by atoms with van der Waals surface area (Å²) in [6, 6.07) is 4.41. The third-order valence-electron chi connectivity index (χ3n) is 4.04. The van der Waals surface area contributed by atoms with E-state index in [2.05, 4.69) is 33.1 Å². The molecule has 4 rings (SSSR count). The molecular weight excluding hydrogens is 284 g/mol. The second kappa shape index (κ2) is 5.26. The summed E-state index contributed by atoms with van der Waals surface area (Å²) in [5, 5.41) is 13.6. The first-order valence-corrected chi connectivity index (χ1v) is 8.94. The van der Waals surface area contributed by atoms with E-state index in [-0.39, 0.29) is 0 Å². The number of hydrogen-bond donors (Lipinski definition) is 0. The lowest BCUT2D eigenvalue weighted by molar-refractivity contribution is 0.840. The molecule has 2 aliphatic carbocycles. The molecule has 2 nitrogen and oxygen atoms in total. The summed E-state index contributed by atoms with van der Waals surface area (Å²) in [4.78, 5) is 2.96. The smallest absolute Gasteiger partial charge is 0.0714 e. The number of hydrogen-bond acceptors (Lipinski definition) is 4. The number of rotatable bonds is 1. The van der Waals surface area contributed by atoms with Gasteiger partial charge in [0.15, 0.2) is 0 Å². The SMILES string of the molecule is c1cc2c(s1)CCCC2=NN=C1CCCc2sccc21. The fourth-order valence-corrected chi connectivity index (χ4v) is 4.90. The van der Waals surface area contributed by atoms with Crippen molar-refractivity contribution in [2.45, 2.75) is 38.5 Å². The van der Waals surface area contributed by atoms with E-state index >= 15 is 0 Å². The molecule has 2 aromatic rings. The molecule has 20 heavy (non-hydrogen) atoms. The van der Waals surface area contributed by atoms with Gasteiger partial charge in [-0.3, -0.25) is 0 Å². The van der Waals surface area contributed by atoms with E-state index in [1.807, 2.05) is 22.7 Å². The normalized spacial score (nSPS) is 22.0. The molecule has 0 aliphatic heterocycles. The van der Waals surface area contributed by atoms with E-state index in [0.29, 0.717) is 0 Å². The lowest BCUT2D eigenvalue weighted by atomic mass is 9.97. The molecular formula is C16H16N2S2. The standard InChI is InChI=1S/C16H16N2S2/c1-3-13(11-7-9-19-15(11)5-1)17-18-14-4-2-6-16-12(14)8-10-20-16/h7-10H,1-6H2. The number of fused-ring (bicyclic) bond motifs is 2. The van der Waals surface area contributed by atoms with Crippen molar-refractivity contribution in [3.8, 4) is 0 Å². The average molecular weight is 300 g/mol. The maximum absolute atomic E-state index is 4.61. The predicted molar refractivity (Wildman–Crippen MR) is 87.6 cm³/mol. The van der Waals surface area contributed by atoms with Crippen molar-refractivity contribution in [2.75, 3.05) is 0 Å². The minimum atomic E-state index is 1.07. The van der Waals surface area contributed by atoms with Crippen LogP contribution in [0.4, 0.5) is 0 Å². The van der Waals surface area contributed by atoms with Gasteiger partial charge < -0.3 is 0 Å². The molecule has 0 radical (unpaired) electrons. The minimum Gasteiger partial charge on any atom is -0.155 e. The maximum atomic E-state index is 4.61. The molecule has 0 aromatic carbocycles. The van der Waals surface area contributed by atoms with E-state index in [0.717, 1.165) is 12.8 Å². The van der Waals surface area contributed by atoms with E-state index in [1.165, 1.54) is 58.0 Å². The van der Waals surface area contributed by atoms with Crippen LogP contribution in [0.15, 0.2) is 33.1 Å². The van der Waals surface area contributed by atoms with Crippen molar-refractivity contribution in [1.82, 2.24) is 0 Å². The number of aryl methyl sites for hydroxylation is 2. The molecule has 0 fully saturated rings. The molecule has 4 heteroatoms. The Morgan fingerprint density at radius 1 is 0.700 bits per heavy atom. The lowest BCUT2D eigenvalue weighted by Gasteiger charge is -2.14. The molecule has 0 unspecified atom stereocenters. The Balaban J connectivity index is 1.69. The third kappa shape index (κ3) is 2.17. The summed E-state index contributed by atoms with van der Waals surface area (Å²) in [7, 11) is 0. The van der Waals surface area contributed by atoms with Crippen molar-refractivity contribution < 1.29 is 0 Å². The molecule has 0 saturated carbocycles. The molecule has 0 amide bonds. The highest BCUT2D eigenvalue weighted by atomic mass is 32.1. The Morgan fingerprint density at radius 3 is 1.70 bits per heavy atom. The van der Waals surface area contributed by atoms with Crippen molar-refractivity contribution in [1.29, 1.82) is 0 Å². The Labute approximate surface area is 126 Å². The van der Waals surface area contributed by atoms with Crippen LogP contribution < -0.4 is 0 Å². The second-order valence-electron chi connectivity index (χ2n) is 5.32. The van der Waals surface area contributed by atoms with Gasteiger partial charge in [-0.25, -0.2) is 0 Å². The summed E-state index contributed by atoms with van der Waals surface area (Å²) < 4.78 is 0. The van der Waals surface area contributed by atoms with Gasteiger partial charge >= 0.3 is 0 Å². The van der Waals surface area contributed by atoms with Crippen molar-refractivity contribution in [2.24, 2.45) is 10.2 Å². The first-order chi connectivity index (χ1) is 9.92. The largest absolute Gasteiger partial charge is 0.155 e. The van der Waals surface area contributed by atoms with Crippen LogP contribution >= 0.6 is 22.7 Å². The van der Waals surface area contributed by atoms with Gasteiger partial charge in [-0.05, 0) is 61.4 Å². The zero-order valence-electron chi connectivity index (χ0n) is 11.3. The van der Waals surface area contributed by atoms with E-state index in [4.69, 9.17) is 0 Å². The van der Waals surface area contributed by atoms with Crippen LogP contribution in [0, 0.1) is 0 Å². The minimum absolute atomic E-state index is 1.07. The second-order valence-corrected chi connectivity index (χ2v) is 7.32. The molecule has 0 spiro atoms. The van der Waals surface area contributed by atoms with Gasteiger partial charge in [0, 0.05) is 20.9 Å². The van der Waals surface area contributed by atoms with Gasteiger partial charge in [0.2, 0.25) is 0 Å². The molecule has 0 saturated heterocycles. The van der Waals surface area contributed by atoms with Crippen LogP contribution in [0.5, 0.6) is 0 Å². The summed E-state index contributed by atoms with van der Waals surface area (Å²) in [6.07, 6.45) is 6.96.